The first-order valence-electron chi connectivity index (χ1n) is 16.4. The van der Waals surface area contributed by atoms with E-state index in [0.717, 1.165) is 11.1 Å². The van der Waals surface area contributed by atoms with Gasteiger partial charge in [0.25, 0.3) is 0 Å². The van der Waals surface area contributed by atoms with Gasteiger partial charge in [0.2, 0.25) is 23.6 Å². The molecule has 0 radical (unpaired) electrons. The van der Waals surface area contributed by atoms with Crippen molar-refractivity contribution in [1.29, 1.82) is 0 Å². The summed E-state index contributed by atoms with van der Waals surface area (Å²) in [7, 11) is 0. The fraction of sp³-hybridized carbons (Fsp3) is 0.486. The number of nitrogens with two attached hydrogens (primary N) is 2. The highest BCUT2D eigenvalue weighted by molar-refractivity contribution is 5.93. The number of carbonyl (C=O) groups excluding carboxylic acids is 5. The number of hydrogen-bond donors (Lipinski definition) is 7. The molecular formula is C35H51N7O7. The molecule has 0 unspecified atom stereocenters. The molecule has 49 heavy (non-hydrogen) atoms. The number of amides is 5. The lowest BCUT2D eigenvalue weighted by atomic mass is 9.95. The first-order chi connectivity index (χ1) is 23.2. The van der Waals surface area contributed by atoms with Crippen LogP contribution in [0.25, 0.3) is 0 Å². The summed E-state index contributed by atoms with van der Waals surface area (Å²) in [5.74, 6) is -3.20. The Bertz CT molecular complexity index is 1380. The molecule has 14 nitrogen and oxygen atoms in total. The van der Waals surface area contributed by atoms with Crippen LogP contribution >= 0.6 is 0 Å². The summed E-state index contributed by atoms with van der Waals surface area (Å²) < 4.78 is 5.25. The second kappa shape index (κ2) is 21.1. The molecule has 2 rings (SSSR count). The van der Waals surface area contributed by atoms with Crippen LogP contribution in [0.4, 0.5) is 4.79 Å². The summed E-state index contributed by atoms with van der Waals surface area (Å²) >= 11 is 0. The number of ether oxygens (including phenoxy) is 1. The molecule has 2 aromatic rings. The Hall–Kier alpha value is -4.98. The largest absolute Gasteiger partial charge is 0.445 e. The minimum atomic E-state index is -1.29. The second-order valence-corrected chi connectivity index (χ2v) is 12.6. The van der Waals surface area contributed by atoms with E-state index >= 15 is 0 Å². The number of aliphatic hydroxyl groups is 1. The molecule has 0 aliphatic rings. The van der Waals surface area contributed by atoms with Crippen LogP contribution in [0.2, 0.25) is 0 Å². The second-order valence-electron chi connectivity index (χ2n) is 12.6. The number of benzene rings is 2. The molecular weight excluding hydrogens is 630 g/mol. The summed E-state index contributed by atoms with van der Waals surface area (Å²) in [6.45, 7) is 7.61. The monoisotopic (exact) mass is 681 g/mol. The van der Waals surface area contributed by atoms with Gasteiger partial charge in [0.1, 0.15) is 18.7 Å². The van der Waals surface area contributed by atoms with E-state index in [1.165, 1.54) is 0 Å². The number of alkyl carbamates (subject to hydrolysis) is 1. The van der Waals surface area contributed by atoms with Crippen LogP contribution in [0, 0.1) is 11.8 Å². The van der Waals surface area contributed by atoms with Gasteiger partial charge in [-0.05, 0) is 42.2 Å². The first-order valence-corrected chi connectivity index (χ1v) is 16.4. The first kappa shape index (κ1) is 40.2. The van der Waals surface area contributed by atoms with E-state index in [0.29, 0.717) is 19.4 Å². The number of nitrogens with zero attached hydrogens (tertiary/aromatic N) is 1. The molecule has 0 aliphatic heterocycles. The minimum absolute atomic E-state index is 0.0599. The van der Waals surface area contributed by atoms with E-state index in [9.17, 15) is 29.1 Å². The van der Waals surface area contributed by atoms with Crippen molar-refractivity contribution in [3.63, 3.8) is 0 Å². The van der Waals surface area contributed by atoms with Gasteiger partial charge in [0.05, 0.1) is 18.6 Å². The standard InChI is InChI=1S/C35H51N7O7/c1-22(2)19-27(28(43)20-30(45)38-18-17-24-11-7-5-8-12-24)39-33(47)31(23(3)4)42-32(46)26(15-16-29(44)41-34(36)37)40-35(48)49-21-25-13-9-6-10-14-25/h5-14,22-23,26-28,31,43H,15-21H2,1-4H3,(H,38,45)(H,39,47)(H,40,48)(H,42,46)(H4,36,37,41,44)/t26-,27-,28-,31-/m0/s1. The molecule has 14 heteroatoms. The normalized spacial score (nSPS) is 13.4. The van der Waals surface area contributed by atoms with Gasteiger partial charge in [-0.1, -0.05) is 88.4 Å². The quantitative estimate of drug-likeness (QED) is 0.0844. The molecule has 0 aliphatic carbocycles. The van der Waals surface area contributed by atoms with Crippen molar-refractivity contribution < 1.29 is 33.8 Å². The van der Waals surface area contributed by atoms with Crippen LogP contribution in [0.3, 0.4) is 0 Å². The maximum absolute atomic E-state index is 13.6. The fourth-order valence-corrected chi connectivity index (χ4v) is 4.92. The van der Waals surface area contributed by atoms with E-state index in [2.05, 4.69) is 26.3 Å². The van der Waals surface area contributed by atoms with Crippen molar-refractivity contribution in [2.24, 2.45) is 28.3 Å². The van der Waals surface area contributed by atoms with Crippen LogP contribution in [-0.4, -0.2) is 71.6 Å². The lowest BCUT2D eigenvalue weighted by Crippen LogP contribution is -2.58. The topological polar surface area (TPSA) is 227 Å². The predicted molar refractivity (Wildman–Crippen MR) is 186 cm³/mol. The van der Waals surface area contributed by atoms with Crippen LogP contribution in [0.5, 0.6) is 0 Å². The average Bonchev–Trinajstić information content (AvgIpc) is 3.04. The molecule has 0 saturated heterocycles. The summed E-state index contributed by atoms with van der Waals surface area (Å²) in [6, 6.07) is 15.4. The average molecular weight is 682 g/mol. The minimum Gasteiger partial charge on any atom is -0.445 e. The highest BCUT2D eigenvalue weighted by Crippen LogP contribution is 2.14. The van der Waals surface area contributed by atoms with Crippen molar-refractivity contribution >= 4 is 35.7 Å². The maximum atomic E-state index is 13.6. The van der Waals surface area contributed by atoms with Gasteiger partial charge in [-0.15, -0.1) is 0 Å². The van der Waals surface area contributed by atoms with Crippen molar-refractivity contribution in [3.8, 4) is 0 Å². The van der Waals surface area contributed by atoms with Gasteiger partial charge in [-0.25, -0.2) is 4.79 Å². The molecule has 0 saturated carbocycles. The zero-order chi connectivity index (χ0) is 36.3. The van der Waals surface area contributed by atoms with Crippen molar-refractivity contribution in [1.82, 2.24) is 21.3 Å². The van der Waals surface area contributed by atoms with E-state index in [1.807, 2.05) is 50.2 Å². The molecule has 5 amide bonds. The molecule has 0 fully saturated rings. The number of aliphatic imine (C=N–C) groups is 1. The Kier molecular flexibility index (Phi) is 17.3. The third-order valence-corrected chi connectivity index (χ3v) is 7.46. The zero-order valence-corrected chi connectivity index (χ0v) is 28.7. The summed E-state index contributed by atoms with van der Waals surface area (Å²) in [5.41, 5.74) is 12.4. The van der Waals surface area contributed by atoms with Gasteiger partial charge >= 0.3 is 6.09 Å². The van der Waals surface area contributed by atoms with E-state index in [1.54, 1.807) is 38.1 Å². The molecule has 0 aromatic heterocycles. The number of guanidine groups is 1. The molecule has 268 valence electrons. The highest BCUT2D eigenvalue weighted by Gasteiger charge is 2.32. The third kappa shape index (κ3) is 16.1. The SMILES string of the molecule is CC(C)C[C@H](NC(=O)[C@@H](NC(=O)[C@H](CCC(=O)N=C(N)N)NC(=O)OCc1ccccc1)C(C)C)[C@@H](O)CC(=O)NCCc1ccccc1. The van der Waals surface area contributed by atoms with Gasteiger partial charge in [-0.3, -0.25) is 19.2 Å². The van der Waals surface area contributed by atoms with Crippen molar-refractivity contribution in [3.05, 3.63) is 71.8 Å². The van der Waals surface area contributed by atoms with E-state index in [4.69, 9.17) is 16.2 Å². The fourth-order valence-electron chi connectivity index (χ4n) is 4.92. The van der Waals surface area contributed by atoms with Gasteiger partial charge < -0.3 is 42.6 Å². The van der Waals surface area contributed by atoms with Gasteiger partial charge in [-0.2, -0.15) is 4.99 Å². The third-order valence-electron chi connectivity index (χ3n) is 7.46. The Morgan fingerprint density at radius 1 is 0.837 bits per heavy atom. The molecule has 0 bridgehead atoms. The summed E-state index contributed by atoms with van der Waals surface area (Å²) in [5, 5.41) is 21.8. The Morgan fingerprint density at radius 2 is 1.45 bits per heavy atom. The van der Waals surface area contributed by atoms with Crippen LogP contribution < -0.4 is 32.7 Å². The van der Waals surface area contributed by atoms with Gasteiger partial charge in [0.15, 0.2) is 5.96 Å². The molecule has 0 heterocycles. The van der Waals surface area contributed by atoms with Crippen LogP contribution in [0.15, 0.2) is 65.7 Å². The predicted octanol–water partition coefficient (Wildman–Crippen LogP) is 1.64. The maximum Gasteiger partial charge on any atom is 0.408 e. The Morgan fingerprint density at radius 3 is 2.02 bits per heavy atom. The van der Waals surface area contributed by atoms with E-state index < -0.39 is 59.9 Å². The molecule has 9 N–H and O–H groups in total. The smallest absolute Gasteiger partial charge is 0.408 e. The lowest BCUT2D eigenvalue weighted by Gasteiger charge is -2.30. The number of aliphatic hydroxyl groups excluding tert-OH is 1. The highest BCUT2D eigenvalue weighted by atomic mass is 16.5. The summed E-state index contributed by atoms with van der Waals surface area (Å²) in [6.07, 6.45) is -1.81. The number of nitrogens with one attached hydrogen (secondary N) is 4. The van der Waals surface area contributed by atoms with Crippen molar-refractivity contribution in [2.75, 3.05) is 6.54 Å². The molecule has 4 atom stereocenters. The van der Waals surface area contributed by atoms with Crippen LogP contribution in [0.1, 0.15) is 64.5 Å². The Balaban J connectivity index is 2.09. The Labute approximate surface area is 287 Å². The number of hydrogen-bond acceptors (Lipinski definition) is 7. The zero-order valence-electron chi connectivity index (χ0n) is 28.7. The number of rotatable bonds is 19. The van der Waals surface area contributed by atoms with Gasteiger partial charge in [0, 0.05) is 13.0 Å². The summed E-state index contributed by atoms with van der Waals surface area (Å²) in [4.78, 5) is 67.9. The molecule has 2 aromatic carbocycles. The molecule has 0 spiro atoms. The van der Waals surface area contributed by atoms with Crippen LogP contribution in [-0.2, 0) is 36.9 Å². The van der Waals surface area contributed by atoms with E-state index in [-0.39, 0.29) is 37.7 Å². The van der Waals surface area contributed by atoms with Crippen molar-refractivity contribution in [2.45, 2.75) is 90.6 Å². The number of carbonyl (C=O) groups is 5. The lowest BCUT2D eigenvalue weighted by molar-refractivity contribution is -0.132.